The van der Waals surface area contributed by atoms with Crippen LogP contribution in [0.15, 0.2) is 40.6 Å². The van der Waals surface area contributed by atoms with Crippen LogP contribution in [0, 0.1) is 11.3 Å². The molecule has 0 bridgehead atoms. The van der Waals surface area contributed by atoms with Gasteiger partial charge >= 0.3 is 29.6 Å². The fraction of sp³-hybridized carbons (Fsp3) is 0.379. The van der Waals surface area contributed by atoms with E-state index in [2.05, 4.69) is 32.0 Å². The van der Waals surface area contributed by atoms with Gasteiger partial charge in [0.25, 0.3) is 0 Å². The summed E-state index contributed by atoms with van der Waals surface area (Å²) < 4.78 is 34.5. The Morgan fingerprint density at radius 1 is 1.09 bits per heavy atom. The van der Waals surface area contributed by atoms with E-state index in [-0.39, 0.29) is 80.6 Å². The molecule has 13 nitrogen and oxygen atoms in total. The van der Waals surface area contributed by atoms with E-state index in [4.69, 9.17) is 23.2 Å². The van der Waals surface area contributed by atoms with E-state index in [0.717, 1.165) is 0 Å². The Bertz CT molecular complexity index is 1780. The van der Waals surface area contributed by atoms with Gasteiger partial charge < -0.3 is 20.1 Å². The molecule has 0 unspecified atom stereocenters. The largest absolute Gasteiger partial charge is 1.00 e. The van der Waals surface area contributed by atoms with Crippen LogP contribution in [0.1, 0.15) is 59.2 Å². The van der Waals surface area contributed by atoms with Crippen LogP contribution in [0.4, 0.5) is 28.6 Å². The number of nitrogens with one attached hydrogen (secondary N) is 2. The zero-order valence-corrected chi connectivity index (χ0v) is 30.9. The fourth-order valence-electron chi connectivity index (χ4n) is 4.43. The van der Waals surface area contributed by atoms with Gasteiger partial charge in [-0.3, -0.25) is 9.59 Å². The molecule has 0 saturated heterocycles. The first kappa shape index (κ1) is 39.1. The average Bonchev–Trinajstić information content (AvgIpc) is 3.27. The SMILES string of the molecule is CCN(CCCS(=O)(=O)[O-])c1ccc(N=Nc2c(C#N)c(C(C)(C)C)nn2-c2c(Cl)cc(NC(C)=O)cc2Cl)c(NC(C)=O)c1.[Na+]. The van der Waals surface area contributed by atoms with Gasteiger partial charge in [-0.25, -0.2) is 13.1 Å². The van der Waals surface area contributed by atoms with Crippen molar-refractivity contribution in [3.05, 3.63) is 51.6 Å². The van der Waals surface area contributed by atoms with Crippen molar-refractivity contribution >= 4 is 73.7 Å². The van der Waals surface area contributed by atoms with Crippen molar-refractivity contribution in [2.24, 2.45) is 10.2 Å². The fourth-order valence-corrected chi connectivity index (χ4v) is 5.56. The third-order valence-electron chi connectivity index (χ3n) is 6.34. The summed E-state index contributed by atoms with van der Waals surface area (Å²) in [4.78, 5) is 25.5. The number of hydrogen-bond donors (Lipinski definition) is 2. The molecule has 240 valence electrons. The molecular weight excluding hydrogens is 666 g/mol. The molecule has 0 radical (unpaired) electrons. The molecule has 2 aromatic carbocycles. The Morgan fingerprint density at radius 2 is 1.70 bits per heavy atom. The molecule has 17 heteroatoms. The molecule has 0 atom stereocenters. The van der Waals surface area contributed by atoms with Crippen LogP contribution in [0.3, 0.4) is 0 Å². The standard InChI is InChI=1S/C29H34Cl2N8O5S.Na/c1-7-38(11-8-12-45(42,43)44)20-9-10-24(25(15-20)34-18(3)41)35-36-28-21(16-32)27(29(4,5)6)37-39(28)26-22(30)13-19(14-23(26)31)33-17(2)40;/h9-10,13-15H,7-8,11-12H2,1-6H3,(H,33,40)(H,34,41)(H,42,43,44);/q;+1/p-1. The normalized spacial score (nSPS) is 11.6. The van der Waals surface area contributed by atoms with Gasteiger partial charge in [0.2, 0.25) is 11.8 Å². The van der Waals surface area contributed by atoms with Crippen molar-refractivity contribution in [2.75, 3.05) is 34.4 Å². The number of carbonyl (C=O) groups excluding carboxylic acids is 2. The number of hydrogen-bond acceptors (Lipinski definition) is 10. The van der Waals surface area contributed by atoms with E-state index < -0.39 is 21.3 Å². The van der Waals surface area contributed by atoms with Gasteiger partial charge in [0.15, 0.2) is 5.82 Å². The number of aromatic nitrogens is 2. The third-order valence-corrected chi connectivity index (χ3v) is 7.71. The van der Waals surface area contributed by atoms with Crippen LogP contribution >= 0.6 is 23.2 Å². The molecule has 1 aromatic heterocycles. The van der Waals surface area contributed by atoms with Crippen LogP contribution in [-0.4, -0.2) is 53.4 Å². The zero-order chi connectivity index (χ0) is 33.7. The summed E-state index contributed by atoms with van der Waals surface area (Å²) in [6.07, 6.45) is 0.130. The maximum atomic E-state index is 12.1. The van der Waals surface area contributed by atoms with Crippen molar-refractivity contribution in [2.45, 2.75) is 53.4 Å². The minimum Gasteiger partial charge on any atom is -0.748 e. The van der Waals surface area contributed by atoms with Crippen molar-refractivity contribution in [1.82, 2.24) is 9.78 Å². The first-order valence-electron chi connectivity index (χ1n) is 13.8. The Kier molecular flexibility index (Phi) is 13.8. The number of benzene rings is 2. The van der Waals surface area contributed by atoms with Gasteiger partial charge in [-0.1, -0.05) is 44.0 Å². The number of rotatable bonds is 11. The molecule has 0 saturated carbocycles. The van der Waals surface area contributed by atoms with E-state index in [0.29, 0.717) is 35.8 Å². The van der Waals surface area contributed by atoms with E-state index in [1.54, 1.807) is 18.2 Å². The van der Waals surface area contributed by atoms with E-state index in [1.807, 2.05) is 32.6 Å². The number of anilines is 3. The second-order valence-corrected chi connectivity index (χ2v) is 13.4. The number of carbonyl (C=O) groups is 2. The summed E-state index contributed by atoms with van der Waals surface area (Å²) in [6, 6.07) is 10.1. The summed E-state index contributed by atoms with van der Waals surface area (Å²) in [5.74, 6) is -1.15. The second kappa shape index (κ2) is 16.2. The maximum Gasteiger partial charge on any atom is 1.00 e. The molecule has 46 heavy (non-hydrogen) atoms. The Balaban J connectivity index is 0.00000736. The Hall–Kier alpha value is -3.03. The molecular formula is C29H33Cl2N8NaO5S. The van der Waals surface area contributed by atoms with Crippen LogP contribution in [0.5, 0.6) is 0 Å². The second-order valence-electron chi connectivity index (χ2n) is 11.1. The molecule has 0 fully saturated rings. The summed E-state index contributed by atoms with van der Waals surface area (Å²) in [6.45, 7) is 11.0. The minimum atomic E-state index is -4.35. The Labute approximate surface area is 300 Å². The van der Waals surface area contributed by atoms with Crippen molar-refractivity contribution in [1.29, 1.82) is 5.26 Å². The molecule has 0 spiro atoms. The van der Waals surface area contributed by atoms with Crippen LogP contribution in [0.2, 0.25) is 10.0 Å². The van der Waals surface area contributed by atoms with Crippen molar-refractivity contribution in [3.8, 4) is 11.8 Å². The van der Waals surface area contributed by atoms with Gasteiger partial charge in [-0.2, -0.15) is 10.4 Å². The molecule has 0 aliphatic carbocycles. The summed E-state index contributed by atoms with van der Waals surface area (Å²) in [7, 11) is -4.35. The molecule has 1 heterocycles. The summed E-state index contributed by atoms with van der Waals surface area (Å²) in [5, 5.41) is 29.2. The van der Waals surface area contributed by atoms with E-state index in [9.17, 15) is 27.8 Å². The first-order chi connectivity index (χ1) is 20.9. The monoisotopic (exact) mass is 698 g/mol. The molecule has 2 amide bonds. The molecule has 3 aromatic rings. The number of amides is 2. The summed E-state index contributed by atoms with van der Waals surface area (Å²) in [5.41, 5.74) is 1.73. The average molecular weight is 700 g/mol. The van der Waals surface area contributed by atoms with E-state index in [1.165, 1.54) is 30.7 Å². The van der Waals surface area contributed by atoms with E-state index >= 15 is 0 Å². The maximum absolute atomic E-state index is 12.1. The quantitative estimate of drug-likeness (QED) is 0.173. The van der Waals surface area contributed by atoms with Gasteiger partial charge in [0, 0.05) is 49.5 Å². The predicted octanol–water partition coefficient (Wildman–Crippen LogP) is 3.45. The van der Waals surface area contributed by atoms with Gasteiger partial charge in [0.1, 0.15) is 23.0 Å². The van der Waals surface area contributed by atoms with Gasteiger partial charge in [-0.05, 0) is 43.7 Å². The molecule has 3 rings (SSSR count). The number of halogens is 2. The predicted molar refractivity (Wildman–Crippen MR) is 173 cm³/mol. The smallest absolute Gasteiger partial charge is 0.748 e. The number of azo groups is 1. The number of nitrogens with zero attached hydrogens (tertiary/aromatic N) is 6. The van der Waals surface area contributed by atoms with Crippen molar-refractivity contribution < 1.29 is 52.1 Å². The molecule has 0 aliphatic rings. The van der Waals surface area contributed by atoms with Crippen LogP contribution in [-0.2, 0) is 25.1 Å². The zero-order valence-electron chi connectivity index (χ0n) is 26.6. The molecule has 2 N–H and O–H groups in total. The Morgan fingerprint density at radius 3 is 2.20 bits per heavy atom. The topological polar surface area (TPSA) is 185 Å². The van der Waals surface area contributed by atoms with Crippen molar-refractivity contribution in [3.63, 3.8) is 0 Å². The summed E-state index contributed by atoms with van der Waals surface area (Å²) >= 11 is 13.2. The van der Waals surface area contributed by atoms with Gasteiger partial charge in [0.05, 0.1) is 31.5 Å². The first-order valence-corrected chi connectivity index (χ1v) is 16.1. The minimum absolute atomic E-state index is 0. The van der Waals surface area contributed by atoms with Crippen LogP contribution < -0.4 is 45.1 Å². The third kappa shape index (κ3) is 10.2. The molecule has 0 aliphatic heterocycles. The van der Waals surface area contributed by atoms with Gasteiger partial charge in [-0.15, -0.1) is 10.2 Å². The van der Waals surface area contributed by atoms with Crippen LogP contribution in [0.25, 0.3) is 5.69 Å². The number of nitriles is 1.